The summed E-state index contributed by atoms with van der Waals surface area (Å²) in [5.74, 6) is 2.60. The van der Waals surface area contributed by atoms with Crippen LogP contribution in [0.15, 0.2) is 28.0 Å². The minimum Gasteiger partial charge on any atom is -0.496 e. The minimum atomic E-state index is 0.0225. The third kappa shape index (κ3) is 5.40. The molecule has 0 bridgehead atoms. The van der Waals surface area contributed by atoms with Crippen LogP contribution in [0, 0.1) is 6.92 Å². The first-order chi connectivity index (χ1) is 14.1. The largest absolute Gasteiger partial charge is 0.496 e. The Morgan fingerprint density at radius 3 is 2.86 bits per heavy atom. The number of fused-ring (bicyclic) bond motifs is 1. The van der Waals surface area contributed by atoms with Gasteiger partial charge in [0.1, 0.15) is 11.6 Å². The summed E-state index contributed by atoms with van der Waals surface area (Å²) in [6.45, 7) is 4.98. The van der Waals surface area contributed by atoms with Gasteiger partial charge in [0, 0.05) is 39.6 Å². The molecule has 8 nitrogen and oxygen atoms in total. The summed E-state index contributed by atoms with van der Waals surface area (Å²) in [5.41, 5.74) is 2.42. The van der Waals surface area contributed by atoms with Crippen LogP contribution in [-0.2, 0) is 25.9 Å². The lowest BCUT2D eigenvalue weighted by Gasteiger charge is -2.13. The Kier molecular flexibility index (Phi) is 7.32. The normalized spacial score (nSPS) is 13.8. The number of guanidine groups is 1. The van der Waals surface area contributed by atoms with E-state index in [1.807, 2.05) is 10.6 Å². The highest BCUT2D eigenvalue weighted by Crippen LogP contribution is 2.19. The van der Waals surface area contributed by atoms with Gasteiger partial charge in [-0.3, -0.25) is 9.56 Å². The first kappa shape index (κ1) is 21.0. The Hall–Kier alpha value is -2.77. The lowest BCUT2D eigenvalue weighted by Crippen LogP contribution is -2.39. The van der Waals surface area contributed by atoms with Crippen LogP contribution in [0.2, 0.25) is 0 Å². The molecule has 158 valence electrons. The molecule has 29 heavy (non-hydrogen) atoms. The molecule has 3 rings (SSSR count). The second-order valence-corrected chi connectivity index (χ2v) is 7.38. The molecule has 0 atom stereocenters. The monoisotopic (exact) mass is 400 g/mol. The Morgan fingerprint density at radius 2 is 2.10 bits per heavy atom. The Balaban J connectivity index is 1.42. The molecule has 2 aromatic rings. The topological polar surface area (TPSA) is 85.5 Å². The van der Waals surface area contributed by atoms with E-state index >= 15 is 0 Å². The van der Waals surface area contributed by atoms with E-state index in [0.29, 0.717) is 6.54 Å². The van der Waals surface area contributed by atoms with Gasteiger partial charge >= 0.3 is 5.69 Å². The second-order valence-electron chi connectivity index (χ2n) is 7.38. The fourth-order valence-corrected chi connectivity index (χ4v) is 3.67. The maximum atomic E-state index is 12.3. The van der Waals surface area contributed by atoms with E-state index in [9.17, 15) is 4.79 Å². The summed E-state index contributed by atoms with van der Waals surface area (Å²) >= 11 is 0. The number of nitrogens with one attached hydrogen (secondary N) is 2. The zero-order chi connectivity index (χ0) is 20.6. The van der Waals surface area contributed by atoms with Gasteiger partial charge in [-0.05, 0) is 44.2 Å². The van der Waals surface area contributed by atoms with Crippen molar-refractivity contribution in [3.63, 3.8) is 0 Å². The standard InChI is InChI=1S/C21H32N6O2/c1-16-8-9-18(29-3)17(15-16)10-12-24-20(22-2)23-11-6-14-27-21(28)26-13-5-4-7-19(26)25-27/h8-9,15H,4-7,10-14H2,1-3H3,(H2,22,23,24). The maximum Gasteiger partial charge on any atom is 0.345 e. The summed E-state index contributed by atoms with van der Waals surface area (Å²) in [6, 6.07) is 6.21. The average molecular weight is 401 g/mol. The van der Waals surface area contributed by atoms with Crippen LogP contribution in [0.3, 0.4) is 0 Å². The summed E-state index contributed by atoms with van der Waals surface area (Å²) in [4.78, 5) is 16.6. The highest BCUT2D eigenvalue weighted by molar-refractivity contribution is 5.79. The molecule has 0 radical (unpaired) electrons. The highest BCUT2D eigenvalue weighted by Gasteiger charge is 2.16. The zero-order valence-corrected chi connectivity index (χ0v) is 17.7. The van der Waals surface area contributed by atoms with E-state index in [1.54, 1.807) is 18.8 Å². The van der Waals surface area contributed by atoms with Crippen LogP contribution in [0.1, 0.15) is 36.2 Å². The number of ether oxygens (including phenoxy) is 1. The average Bonchev–Trinajstić information content (AvgIpc) is 3.06. The molecule has 2 N–H and O–H groups in total. The number of aromatic nitrogens is 3. The quantitative estimate of drug-likeness (QED) is 0.398. The summed E-state index contributed by atoms with van der Waals surface area (Å²) < 4.78 is 8.85. The van der Waals surface area contributed by atoms with Crippen LogP contribution in [0.25, 0.3) is 0 Å². The molecule has 1 aromatic carbocycles. The highest BCUT2D eigenvalue weighted by atomic mass is 16.5. The first-order valence-corrected chi connectivity index (χ1v) is 10.4. The van der Waals surface area contributed by atoms with Gasteiger partial charge in [0.15, 0.2) is 5.96 Å². The molecule has 1 aliphatic rings. The molecule has 0 aliphatic carbocycles. The lowest BCUT2D eigenvalue weighted by atomic mass is 10.1. The van der Waals surface area contributed by atoms with Gasteiger partial charge in [-0.15, -0.1) is 0 Å². The molecular formula is C21H32N6O2. The smallest absolute Gasteiger partial charge is 0.345 e. The van der Waals surface area contributed by atoms with E-state index in [2.05, 4.69) is 39.8 Å². The van der Waals surface area contributed by atoms with Crippen molar-refractivity contribution in [2.75, 3.05) is 27.2 Å². The third-order valence-corrected chi connectivity index (χ3v) is 5.22. The van der Waals surface area contributed by atoms with Gasteiger partial charge in [0.25, 0.3) is 0 Å². The van der Waals surface area contributed by atoms with Gasteiger partial charge in [0.05, 0.1) is 7.11 Å². The van der Waals surface area contributed by atoms with Crippen molar-refractivity contribution in [3.8, 4) is 5.75 Å². The molecule has 0 amide bonds. The zero-order valence-electron chi connectivity index (χ0n) is 17.7. The molecule has 0 spiro atoms. The Labute approximate surface area is 172 Å². The van der Waals surface area contributed by atoms with Crippen molar-refractivity contribution in [2.45, 2.75) is 52.1 Å². The van der Waals surface area contributed by atoms with Crippen molar-refractivity contribution in [2.24, 2.45) is 4.99 Å². The number of nitrogens with zero attached hydrogens (tertiary/aromatic N) is 4. The van der Waals surface area contributed by atoms with E-state index in [-0.39, 0.29) is 5.69 Å². The molecule has 1 aliphatic heterocycles. The van der Waals surface area contributed by atoms with Crippen LogP contribution < -0.4 is 21.1 Å². The molecule has 1 aromatic heterocycles. The summed E-state index contributed by atoms with van der Waals surface area (Å²) in [5, 5.41) is 11.1. The number of benzene rings is 1. The predicted molar refractivity (Wildman–Crippen MR) is 115 cm³/mol. The summed E-state index contributed by atoms with van der Waals surface area (Å²) in [7, 11) is 3.46. The molecule has 2 heterocycles. The van der Waals surface area contributed by atoms with Crippen LogP contribution in [0.4, 0.5) is 0 Å². The van der Waals surface area contributed by atoms with Crippen LogP contribution in [0.5, 0.6) is 5.75 Å². The van der Waals surface area contributed by atoms with E-state index in [0.717, 1.165) is 69.3 Å². The van der Waals surface area contributed by atoms with E-state index in [4.69, 9.17) is 4.74 Å². The molecular weight excluding hydrogens is 368 g/mol. The number of aryl methyl sites for hydroxylation is 3. The lowest BCUT2D eigenvalue weighted by molar-refractivity contribution is 0.409. The van der Waals surface area contributed by atoms with E-state index < -0.39 is 0 Å². The Morgan fingerprint density at radius 1 is 1.28 bits per heavy atom. The van der Waals surface area contributed by atoms with Crippen molar-refractivity contribution in [1.82, 2.24) is 25.0 Å². The minimum absolute atomic E-state index is 0.0225. The Bertz CT molecular complexity index is 899. The molecule has 0 saturated heterocycles. The maximum absolute atomic E-state index is 12.3. The first-order valence-electron chi connectivity index (χ1n) is 10.4. The molecule has 8 heteroatoms. The SMILES string of the molecule is CN=C(NCCCn1nc2n(c1=O)CCCC2)NCCc1cc(C)ccc1OC. The van der Waals surface area contributed by atoms with E-state index in [1.165, 1.54) is 11.1 Å². The number of aliphatic imine (C=N–C) groups is 1. The molecule has 0 saturated carbocycles. The van der Waals surface area contributed by atoms with Gasteiger partial charge in [-0.1, -0.05) is 17.7 Å². The molecule has 0 fully saturated rings. The van der Waals surface area contributed by atoms with Gasteiger partial charge < -0.3 is 15.4 Å². The number of hydrogen-bond acceptors (Lipinski definition) is 4. The van der Waals surface area contributed by atoms with Crippen molar-refractivity contribution in [3.05, 3.63) is 45.6 Å². The van der Waals surface area contributed by atoms with Crippen LogP contribution >= 0.6 is 0 Å². The molecule has 0 unspecified atom stereocenters. The van der Waals surface area contributed by atoms with Crippen LogP contribution in [-0.4, -0.2) is 47.6 Å². The van der Waals surface area contributed by atoms with Gasteiger partial charge in [-0.25, -0.2) is 9.48 Å². The fraction of sp³-hybridized carbons (Fsp3) is 0.571. The predicted octanol–water partition coefficient (Wildman–Crippen LogP) is 1.50. The van der Waals surface area contributed by atoms with Crippen molar-refractivity contribution in [1.29, 1.82) is 0 Å². The number of rotatable bonds is 8. The van der Waals surface area contributed by atoms with Crippen molar-refractivity contribution >= 4 is 5.96 Å². The number of hydrogen-bond donors (Lipinski definition) is 2. The van der Waals surface area contributed by atoms with Gasteiger partial charge in [-0.2, -0.15) is 5.10 Å². The second kappa shape index (κ2) is 10.1. The number of methoxy groups -OCH3 is 1. The van der Waals surface area contributed by atoms with Gasteiger partial charge in [0.2, 0.25) is 0 Å². The fourth-order valence-electron chi connectivity index (χ4n) is 3.67. The summed E-state index contributed by atoms with van der Waals surface area (Å²) in [6.07, 6.45) is 4.75. The third-order valence-electron chi connectivity index (χ3n) is 5.22. The van der Waals surface area contributed by atoms with Crippen molar-refractivity contribution < 1.29 is 4.74 Å².